The van der Waals surface area contributed by atoms with E-state index in [2.05, 4.69) is 8.02 Å². The summed E-state index contributed by atoms with van der Waals surface area (Å²) in [7, 11) is 2.85. The van der Waals surface area contributed by atoms with E-state index in [4.69, 9.17) is 10.3 Å². The Morgan fingerprint density at radius 2 is 2.12 bits per heavy atom. The fourth-order valence-electron chi connectivity index (χ4n) is 0.985. The molecule has 96 valence electrons. The molecule has 1 heterocycles. The van der Waals surface area contributed by atoms with E-state index in [9.17, 15) is 9.90 Å². The van der Waals surface area contributed by atoms with E-state index in [0.717, 1.165) is 4.57 Å². The number of hydrogen-bond donors (Lipinski definition) is 1. The first-order chi connectivity index (χ1) is 8.26. The Hall–Kier alpha value is -1.13. The molecule has 0 radical (unpaired) electrons. The van der Waals surface area contributed by atoms with Crippen LogP contribution in [0.2, 0.25) is 0 Å². The number of carbonyl (C=O) groups excluding carboxylic acids is 1. The van der Waals surface area contributed by atoms with Crippen molar-refractivity contribution in [3.05, 3.63) is 17.8 Å². The summed E-state index contributed by atoms with van der Waals surface area (Å²) in [5.41, 5.74) is -0.214. The molecule has 0 aliphatic heterocycles. The molecular weight excluding hydrogens is 261 g/mol. The third-order valence-electron chi connectivity index (χ3n) is 1.52. The van der Waals surface area contributed by atoms with Crippen LogP contribution in [0.15, 0.2) is 12.1 Å². The van der Waals surface area contributed by atoms with E-state index < -0.39 is 11.7 Å². The Bertz CT molecular complexity index is 449. The summed E-state index contributed by atoms with van der Waals surface area (Å²) in [5.74, 6) is -0.202. The molecule has 0 saturated carbocycles. The molecule has 0 saturated heterocycles. The first-order valence-corrected chi connectivity index (χ1v) is 6.61. The molecule has 1 rings (SSSR count). The Balaban J connectivity index is 0.000000873. The maximum absolute atomic E-state index is 11.6. The molecule has 0 unspecified atom stereocenters. The lowest BCUT2D eigenvalue weighted by Crippen LogP contribution is -2.27. The van der Waals surface area contributed by atoms with Gasteiger partial charge in [0.2, 0.25) is 5.88 Å². The number of ether oxygens (including phenoxy) is 1. The molecular formula is C10H16NO4PS. The lowest BCUT2D eigenvalue weighted by atomic mass is 10.2. The van der Waals surface area contributed by atoms with Crippen molar-refractivity contribution in [2.24, 2.45) is 0 Å². The summed E-state index contributed by atoms with van der Waals surface area (Å²) in [5, 5.41) is 9.41. The van der Waals surface area contributed by atoms with Crippen molar-refractivity contribution in [3.8, 4) is 5.88 Å². The van der Waals surface area contributed by atoms with Gasteiger partial charge >= 0.3 is 6.09 Å². The van der Waals surface area contributed by atoms with Crippen LogP contribution in [-0.2, 0) is 15.6 Å². The minimum Gasteiger partial charge on any atom is -0.494 e. The van der Waals surface area contributed by atoms with Gasteiger partial charge < -0.3 is 9.84 Å². The molecule has 0 aliphatic carbocycles. The van der Waals surface area contributed by atoms with Crippen molar-refractivity contribution >= 4 is 25.0 Å². The first-order valence-electron chi connectivity index (χ1n) is 5.35. The molecule has 0 aromatic carbocycles. The fraction of sp³-hybridized carbons (Fsp3) is 0.500. The number of aromatic nitrogens is 1. The zero-order valence-corrected chi connectivity index (χ0v) is 11.7. The minimum atomic E-state index is -0.660. The van der Waals surface area contributed by atoms with Crippen molar-refractivity contribution in [2.75, 3.05) is 0 Å². The quantitative estimate of drug-likeness (QED) is 0.741. The average Bonchev–Trinajstić information content (AvgIpc) is 2.58. The highest BCUT2D eigenvalue weighted by atomic mass is 32.4. The summed E-state index contributed by atoms with van der Waals surface area (Å²) in [6.45, 7) is 5.14. The number of carbonyl (C=O) groups is 1. The van der Waals surface area contributed by atoms with Gasteiger partial charge in [-0.2, -0.15) is 0 Å². The number of aromatic hydroxyl groups is 1. The van der Waals surface area contributed by atoms with Crippen molar-refractivity contribution in [1.82, 2.24) is 4.57 Å². The van der Waals surface area contributed by atoms with Gasteiger partial charge in [0.15, 0.2) is 0 Å². The van der Waals surface area contributed by atoms with Gasteiger partial charge in [0.05, 0.1) is 0 Å². The second-order valence-electron chi connectivity index (χ2n) is 4.08. The molecule has 1 N–H and O–H groups in total. The van der Waals surface area contributed by atoms with E-state index in [1.165, 1.54) is 12.1 Å². The van der Waals surface area contributed by atoms with Crippen molar-refractivity contribution in [1.29, 1.82) is 0 Å². The monoisotopic (exact) mass is 279 g/mol. The lowest BCUT2D eigenvalue weighted by Gasteiger charge is -2.20. The minimum absolute atomic E-state index is 0.0835. The molecule has 0 bridgehead atoms. The number of rotatable bonds is 0. The predicted octanol–water partition coefficient (Wildman–Crippen LogP) is 2.54. The van der Waals surface area contributed by atoms with Gasteiger partial charge in [-0.1, -0.05) is 0 Å². The third-order valence-corrected chi connectivity index (χ3v) is 1.52. The zero-order valence-electron chi connectivity index (χ0n) is 10.9. The van der Waals surface area contributed by atoms with Crippen molar-refractivity contribution in [3.63, 3.8) is 0 Å². The molecule has 0 atom stereocenters. The zero-order chi connectivity index (χ0) is 14.3. The van der Waals surface area contributed by atoms with E-state index >= 15 is 0 Å². The molecule has 5 nitrogen and oxygen atoms in total. The van der Waals surface area contributed by atoms with Crippen molar-refractivity contribution < 1.29 is 20.2 Å². The van der Waals surface area contributed by atoms with Crippen molar-refractivity contribution in [2.45, 2.75) is 33.3 Å². The van der Waals surface area contributed by atoms with Crippen LogP contribution in [0.25, 0.3) is 0 Å². The van der Waals surface area contributed by atoms with Gasteiger partial charge in [-0.05, 0) is 41.8 Å². The van der Waals surface area contributed by atoms with Crippen LogP contribution in [-0.4, -0.2) is 25.6 Å². The summed E-state index contributed by atoms with van der Waals surface area (Å²) in [6.07, 6.45) is -0.660. The Labute approximate surface area is 107 Å². The fourth-order valence-corrected chi connectivity index (χ4v) is 0.985. The molecule has 0 aliphatic rings. The number of aryl methyl sites for hydroxylation is 1. The van der Waals surface area contributed by atoms with E-state index in [1.807, 2.05) is 0 Å². The maximum atomic E-state index is 11.6. The molecule has 17 heavy (non-hydrogen) atoms. The summed E-state index contributed by atoms with van der Waals surface area (Å²) in [4.78, 5) is 11.6. The van der Waals surface area contributed by atoms with E-state index in [0.29, 0.717) is 16.5 Å². The molecule has 0 fully saturated rings. The van der Waals surface area contributed by atoms with Gasteiger partial charge in [-0.3, -0.25) is 0 Å². The average molecular weight is 279 g/mol. The Morgan fingerprint density at radius 1 is 1.59 bits per heavy atom. The lowest BCUT2D eigenvalue weighted by molar-refractivity contribution is 0.0522. The third kappa shape index (κ3) is 5.65. The van der Waals surface area contributed by atoms with Crippen LogP contribution < -0.4 is 0 Å². The highest BCUT2D eigenvalue weighted by Crippen LogP contribution is 2.17. The topological polar surface area (TPSA) is 68.5 Å². The van der Waals surface area contributed by atoms with Crippen LogP contribution in [0, 0.1) is 6.90 Å². The molecule has 0 amide bonds. The second-order valence-corrected chi connectivity index (χ2v) is 4.75. The van der Waals surface area contributed by atoms with Gasteiger partial charge in [0.1, 0.15) is 16.4 Å². The predicted molar refractivity (Wildman–Crippen MR) is 68.9 cm³/mol. The largest absolute Gasteiger partial charge is 0.494 e. The van der Waals surface area contributed by atoms with Crippen LogP contribution in [0.5, 0.6) is 5.88 Å². The number of nitrogens with zero attached hydrogens (tertiary/aromatic N) is 1. The maximum Gasteiger partial charge on any atom is 0.421 e. The molecule has 0 spiro atoms. The van der Waals surface area contributed by atoms with Gasteiger partial charge in [0.25, 0.3) is 0 Å². The first kappa shape index (κ1) is 13.9. The van der Waals surface area contributed by atoms with Gasteiger partial charge in [0, 0.05) is 13.1 Å². The Morgan fingerprint density at radius 3 is 2.53 bits per heavy atom. The van der Waals surface area contributed by atoms with Crippen LogP contribution in [0.3, 0.4) is 0 Å². The van der Waals surface area contributed by atoms with Gasteiger partial charge in [-0.15, -0.1) is 0 Å². The normalized spacial score (nSPS) is 10.9. The van der Waals surface area contributed by atoms with Crippen LogP contribution >= 0.6 is 8.02 Å². The summed E-state index contributed by atoms with van der Waals surface area (Å²) < 4.78 is 22.0. The van der Waals surface area contributed by atoms with E-state index in [-0.39, 0.29) is 12.8 Å². The van der Waals surface area contributed by atoms with E-state index in [1.54, 1.807) is 20.8 Å². The molecule has 1 aromatic rings. The van der Waals surface area contributed by atoms with Crippen LogP contribution in [0.1, 0.15) is 27.8 Å². The molecule has 7 heteroatoms. The standard InChI is InChI=1S/C10H15NO3.HOPS/c1-7-5-6-8(12)11(7)9(13)14-10(2,3)4;1-3-2/h5-6,12H,1-4H3;2H/i1T;. The molecule has 1 aromatic heterocycles. The summed E-state index contributed by atoms with van der Waals surface area (Å²) >= 11 is 0. The highest BCUT2D eigenvalue weighted by Gasteiger charge is 2.20. The van der Waals surface area contributed by atoms with Crippen LogP contribution in [0.4, 0.5) is 4.79 Å². The second kappa shape index (κ2) is 6.57. The Kier molecular flexibility index (Phi) is 5.38. The highest BCUT2D eigenvalue weighted by molar-refractivity contribution is 7.93. The number of hydrogen-bond acceptors (Lipinski definition) is 4. The van der Waals surface area contributed by atoms with Gasteiger partial charge in [-0.25, -0.2) is 13.6 Å². The summed E-state index contributed by atoms with van der Waals surface area (Å²) in [6, 6.07) is 2.89. The smallest absolute Gasteiger partial charge is 0.421 e. The SMILES string of the molecule is O=S=P.[3H]Cc1ccc(O)n1C(=O)OC(C)(C)C.